The number of phenolic OH excluding ortho intramolecular Hbond substituents is 1. The first kappa shape index (κ1) is 22.1. The fourth-order valence-electron chi connectivity index (χ4n) is 3.45. The smallest absolute Gasteiger partial charge is 0.336 e. The van der Waals surface area contributed by atoms with E-state index in [4.69, 9.17) is 4.42 Å². The highest BCUT2D eigenvalue weighted by atomic mass is 32.2. The van der Waals surface area contributed by atoms with Crippen molar-refractivity contribution in [3.05, 3.63) is 88.8 Å². The number of anilines is 1. The van der Waals surface area contributed by atoms with E-state index >= 15 is 0 Å². The second-order valence-electron chi connectivity index (χ2n) is 7.36. The SMILES string of the molecule is CC(=O)NS(=O)(=O)c1ccc(NCc2cc(=O)oc3cc(-c4ccccc4)c(O)cc23)cc1. The fourth-order valence-corrected chi connectivity index (χ4v) is 4.44. The largest absolute Gasteiger partial charge is 0.507 e. The number of fused-ring (bicyclic) bond motifs is 1. The molecule has 33 heavy (non-hydrogen) atoms. The van der Waals surface area contributed by atoms with Crippen LogP contribution in [-0.4, -0.2) is 19.4 Å². The summed E-state index contributed by atoms with van der Waals surface area (Å²) in [6.07, 6.45) is 0. The molecule has 8 nitrogen and oxygen atoms in total. The fraction of sp³-hybridized carbons (Fsp3) is 0.0833. The van der Waals surface area contributed by atoms with Gasteiger partial charge in [-0.2, -0.15) is 0 Å². The molecule has 0 spiro atoms. The number of phenols is 1. The number of hydrogen-bond acceptors (Lipinski definition) is 7. The van der Waals surface area contributed by atoms with Gasteiger partial charge in [0, 0.05) is 36.2 Å². The summed E-state index contributed by atoms with van der Waals surface area (Å²) in [5.74, 6) is -0.623. The van der Waals surface area contributed by atoms with Gasteiger partial charge in [-0.15, -0.1) is 0 Å². The number of carbonyl (C=O) groups is 1. The molecule has 0 aliphatic carbocycles. The Morgan fingerprint density at radius 2 is 1.70 bits per heavy atom. The minimum atomic E-state index is -3.92. The third-order valence-corrected chi connectivity index (χ3v) is 6.41. The predicted octanol–water partition coefficient (Wildman–Crippen LogP) is 3.60. The monoisotopic (exact) mass is 464 g/mol. The Balaban J connectivity index is 1.61. The zero-order chi connectivity index (χ0) is 23.6. The minimum absolute atomic E-state index is 0.0487. The number of hydrogen-bond donors (Lipinski definition) is 3. The second kappa shape index (κ2) is 8.79. The van der Waals surface area contributed by atoms with Crippen molar-refractivity contribution in [3.8, 4) is 16.9 Å². The molecule has 0 unspecified atom stereocenters. The summed E-state index contributed by atoms with van der Waals surface area (Å²) in [5.41, 5.74) is 2.35. The lowest BCUT2D eigenvalue weighted by Gasteiger charge is -2.12. The number of amides is 1. The van der Waals surface area contributed by atoms with Crippen LogP contribution in [0, 0.1) is 0 Å². The molecule has 168 valence electrons. The van der Waals surface area contributed by atoms with Gasteiger partial charge in [0.2, 0.25) is 5.91 Å². The van der Waals surface area contributed by atoms with Crippen molar-refractivity contribution in [2.24, 2.45) is 0 Å². The Bertz CT molecular complexity index is 1490. The highest BCUT2D eigenvalue weighted by Gasteiger charge is 2.15. The van der Waals surface area contributed by atoms with Gasteiger partial charge in [0.15, 0.2) is 0 Å². The molecular formula is C24H20N2O6S. The number of rotatable bonds is 6. The van der Waals surface area contributed by atoms with Gasteiger partial charge in [0.05, 0.1) is 4.90 Å². The van der Waals surface area contributed by atoms with Gasteiger partial charge in [0.1, 0.15) is 11.3 Å². The Kier molecular flexibility index (Phi) is 5.89. The zero-order valence-corrected chi connectivity index (χ0v) is 18.3. The number of carbonyl (C=O) groups excluding carboxylic acids is 1. The molecule has 4 rings (SSSR count). The second-order valence-corrected chi connectivity index (χ2v) is 9.04. The van der Waals surface area contributed by atoms with E-state index in [-0.39, 0.29) is 17.2 Å². The molecule has 9 heteroatoms. The number of sulfonamides is 1. The molecule has 0 bridgehead atoms. The number of aromatic hydroxyl groups is 1. The van der Waals surface area contributed by atoms with Crippen molar-refractivity contribution >= 4 is 32.6 Å². The lowest BCUT2D eigenvalue weighted by atomic mass is 10.0. The average Bonchev–Trinajstić information content (AvgIpc) is 2.77. The third-order valence-electron chi connectivity index (χ3n) is 4.96. The molecule has 1 heterocycles. The molecule has 0 fully saturated rings. The first-order valence-corrected chi connectivity index (χ1v) is 11.4. The van der Waals surface area contributed by atoms with Crippen LogP contribution in [-0.2, 0) is 21.4 Å². The molecule has 1 aromatic heterocycles. The summed E-state index contributed by atoms with van der Waals surface area (Å²) in [6.45, 7) is 1.35. The van der Waals surface area contributed by atoms with Gasteiger partial charge in [-0.3, -0.25) is 4.79 Å². The van der Waals surface area contributed by atoms with Crippen molar-refractivity contribution in [2.45, 2.75) is 18.4 Å². The quantitative estimate of drug-likeness (QED) is 0.372. The average molecular weight is 464 g/mol. The summed E-state index contributed by atoms with van der Waals surface area (Å²) < 4.78 is 31.4. The summed E-state index contributed by atoms with van der Waals surface area (Å²) >= 11 is 0. The van der Waals surface area contributed by atoms with Gasteiger partial charge < -0.3 is 14.8 Å². The van der Waals surface area contributed by atoms with Gasteiger partial charge in [-0.1, -0.05) is 30.3 Å². The van der Waals surface area contributed by atoms with E-state index in [2.05, 4.69) is 5.32 Å². The lowest BCUT2D eigenvalue weighted by molar-refractivity contribution is -0.117. The van der Waals surface area contributed by atoms with Crippen LogP contribution in [0.1, 0.15) is 12.5 Å². The molecule has 0 atom stereocenters. The van der Waals surface area contributed by atoms with Crippen LogP contribution in [0.5, 0.6) is 5.75 Å². The molecule has 0 radical (unpaired) electrons. The van der Waals surface area contributed by atoms with Crippen LogP contribution < -0.4 is 15.7 Å². The van der Waals surface area contributed by atoms with Crippen molar-refractivity contribution < 1.29 is 22.7 Å². The van der Waals surface area contributed by atoms with E-state index in [1.165, 1.54) is 18.2 Å². The van der Waals surface area contributed by atoms with Crippen molar-refractivity contribution in [3.63, 3.8) is 0 Å². The van der Waals surface area contributed by atoms with Crippen LogP contribution in [0.4, 0.5) is 5.69 Å². The Morgan fingerprint density at radius 1 is 1.00 bits per heavy atom. The number of nitrogens with one attached hydrogen (secondary N) is 2. The molecular weight excluding hydrogens is 444 g/mol. The highest BCUT2D eigenvalue weighted by Crippen LogP contribution is 2.34. The highest BCUT2D eigenvalue weighted by molar-refractivity contribution is 7.90. The predicted molar refractivity (Wildman–Crippen MR) is 124 cm³/mol. The molecule has 3 N–H and O–H groups in total. The molecule has 4 aromatic rings. The van der Waals surface area contributed by atoms with Crippen LogP contribution in [0.25, 0.3) is 22.1 Å². The van der Waals surface area contributed by atoms with Crippen LogP contribution >= 0.6 is 0 Å². The van der Waals surface area contributed by atoms with E-state index in [0.29, 0.717) is 27.8 Å². The molecule has 0 aliphatic rings. The summed E-state index contributed by atoms with van der Waals surface area (Å²) in [6, 6.07) is 19.6. The normalized spacial score (nSPS) is 11.3. The van der Waals surface area contributed by atoms with Crippen LogP contribution in [0.15, 0.2) is 86.9 Å². The maximum Gasteiger partial charge on any atom is 0.336 e. The third kappa shape index (κ3) is 4.88. The Labute approximate surface area is 189 Å². The molecule has 0 aliphatic heterocycles. The van der Waals surface area contributed by atoms with Gasteiger partial charge >= 0.3 is 5.63 Å². The van der Waals surface area contributed by atoms with E-state index < -0.39 is 21.6 Å². The van der Waals surface area contributed by atoms with E-state index in [1.54, 1.807) is 24.3 Å². The van der Waals surface area contributed by atoms with E-state index in [1.807, 2.05) is 35.1 Å². The summed E-state index contributed by atoms with van der Waals surface area (Å²) in [4.78, 5) is 23.2. The van der Waals surface area contributed by atoms with Crippen LogP contribution in [0.2, 0.25) is 0 Å². The van der Waals surface area contributed by atoms with Crippen molar-refractivity contribution in [2.75, 3.05) is 5.32 Å². The van der Waals surface area contributed by atoms with E-state index in [9.17, 15) is 23.1 Å². The van der Waals surface area contributed by atoms with Gasteiger partial charge in [-0.05, 0) is 47.5 Å². The molecule has 0 saturated heterocycles. The topological polar surface area (TPSA) is 126 Å². The maximum atomic E-state index is 12.1. The standard InChI is InChI=1S/C24H20N2O6S/c1-15(27)26-33(30,31)19-9-7-18(8-10-19)25-14-17-11-24(29)32-23-13-20(22(28)12-21(17)23)16-5-3-2-4-6-16/h2-13,25,28H,14H2,1H3,(H,26,27). The van der Waals surface area contributed by atoms with Gasteiger partial charge in [-0.25, -0.2) is 17.9 Å². The molecule has 3 aromatic carbocycles. The summed E-state index contributed by atoms with van der Waals surface area (Å²) in [7, 11) is -3.92. The first-order valence-electron chi connectivity index (χ1n) is 9.95. The number of benzene rings is 3. The van der Waals surface area contributed by atoms with Crippen LogP contribution in [0.3, 0.4) is 0 Å². The van der Waals surface area contributed by atoms with Crippen molar-refractivity contribution in [1.29, 1.82) is 0 Å². The maximum absolute atomic E-state index is 12.1. The Morgan fingerprint density at radius 3 is 2.36 bits per heavy atom. The van der Waals surface area contributed by atoms with Crippen molar-refractivity contribution in [1.82, 2.24) is 4.72 Å². The van der Waals surface area contributed by atoms with Gasteiger partial charge in [0.25, 0.3) is 10.0 Å². The molecule has 1 amide bonds. The lowest BCUT2D eigenvalue weighted by Crippen LogP contribution is -2.28. The Hall–Kier alpha value is -4.11. The van der Waals surface area contributed by atoms with E-state index in [0.717, 1.165) is 12.5 Å². The summed E-state index contributed by atoms with van der Waals surface area (Å²) in [5, 5.41) is 14.3. The zero-order valence-electron chi connectivity index (χ0n) is 17.5. The first-order chi connectivity index (χ1) is 15.7. The molecule has 0 saturated carbocycles. The minimum Gasteiger partial charge on any atom is -0.507 e.